The summed E-state index contributed by atoms with van der Waals surface area (Å²) in [6, 6.07) is 9.44. The third kappa shape index (κ3) is 5.35. The van der Waals surface area contributed by atoms with E-state index in [1.165, 1.54) is 40.7 Å². The van der Waals surface area contributed by atoms with Crippen LogP contribution in [0.15, 0.2) is 66.1 Å². The van der Waals surface area contributed by atoms with Crippen molar-refractivity contribution >= 4 is 21.8 Å². The molecule has 0 bridgehead atoms. The zero-order valence-corrected chi connectivity index (χ0v) is 17.5. The highest BCUT2D eigenvalue weighted by molar-refractivity contribution is 7.89. The van der Waals surface area contributed by atoms with E-state index in [0.29, 0.717) is 5.56 Å². The number of hydrogen-bond donors (Lipinski definition) is 2. The second kappa shape index (κ2) is 9.13. The van der Waals surface area contributed by atoms with Crippen LogP contribution in [-0.4, -0.2) is 43.7 Å². The third-order valence-electron chi connectivity index (χ3n) is 4.87. The van der Waals surface area contributed by atoms with Gasteiger partial charge in [-0.05, 0) is 48.0 Å². The van der Waals surface area contributed by atoms with Crippen LogP contribution in [-0.2, 0) is 27.5 Å². The quantitative estimate of drug-likeness (QED) is 0.611. The second-order valence-electron chi connectivity index (χ2n) is 7.13. The summed E-state index contributed by atoms with van der Waals surface area (Å²) in [6.07, 6.45) is -3.32. The van der Waals surface area contributed by atoms with Gasteiger partial charge in [0.25, 0.3) is 5.91 Å². The van der Waals surface area contributed by atoms with E-state index in [-0.39, 0.29) is 42.0 Å². The molecule has 1 saturated heterocycles. The molecule has 0 aromatic heterocycles. The number of sulfonamides is 1. The smallest absolute Gasteiger partial charge is 0.348 e. The minimum absolute atomic E-state index is 0.00490. The Hall–Kier alpha value is -3.18. The number of alkyl halides is 3. The van der Waals surface area contributed by atoms with Gasteiger partial charge in [0.2, 0.25) is 15.9 Å². The highest BCUT2D eigenvalue weighted by atomic mass is 32.2. The summed E-state index contributed by atoms with van der Waals surface area (Å²) >= 11 is 0. The SMILES string of the molecule is C=CC(=O)NC1CN(S(=O)(=O)c2ccc(C(=O)NCc3ccc(C(F)(F)F)cc3)cc2)C1. The number of carbonyl (C=O) groups is 2. The summed E-state index contributed by atoms with van der Waals surface area (Å²) in [5.41, 5.74) is -0.0852. The van der Waals surface area contributed by atoms with Gasteiger partial charge in [0.15, 0.2) is 0 Å². The van der Waals surface area contributed by atoms with E-state index < -0.39 is 27.7 Å². The summed E-state index contributed by atoms with van der Waals surface area (Å²) in [5.74, 6) is -0.872. The average Bonchev–Trinajstić information content (AvgIpc) is 2.73. The van der Waals surface area contributed by atoms with Crippen LogP contribution in [0, 0.1) is 0 Å². The van der Waals surface area contributed by atoms with Crippen molar-refractivity contribution in [2.75, 3.05) is 13.1 Å². The Balaban J connectivity index is 1.56. The van der Waals surface area contributed by atoms with Crippen molar-refractivity contribution in [3.8, 4) is 0 Å². The van der Waals surface area contributed by atoms with Crippen molar-refractivity contribution in [1.29, 1.82) is 0 Å². The van der Waals surface area contributed by atoms with Gasteiger partial charge < -0.3 is 10.6 Å². The molecule has 0 unspecified atom stereocenters. The molecule has 2 amide bonds. The number of carbonyl (C=O) groups excluding carboxylic acids is 2. The summed E-state index contributed by atoms with van der Waals surface area (Å²) in [4.78, 5) is 23.5. The standard InChI is InChI=1S/C21H20F3N3O4S/c1-2-19(28)26-17-12-27(13-17)32(30,31)18-9-5-15(6-10-18)20(29)25-11-14-3-7-16(8-4-14)21(22,23)24/h2-10,17H,1,11-13H2,(H,25,29)(H,26,28). The van der Waals surface area contributed by atoms with Crippen LogP contribution >= 0.6 is 0 Å². The first-order chi connectivity index (χ1) is 15.0. The zero-order chi connectivity index (χ0) is 23.5. The predicted molar refractivity (Wildman–Crippen MR) is 110 cm³/mol. The number of rotatable bonds is 7. The van der Waals surface area contributed by atoms with E-state index in [1.807, 2.05) is 0 Å². The first kappa shape index (κ1) is 23.5. The topological polar surface area (TPSA) is 95.6 Å². The molecule has 0 radical (unpaired) electrons. The van der Waals surface area contributed by atoms with Crippen LogP contribution < -0.4 is 10.6 Å². The number of nitrogens with zero attached hydrogens (tertiary/aromatic N) is 1. The molecule has 1 heterocycles. The van der Waals surface area contributed by atoms with Crippen molar-refractivity contribution in [1.82, 2.24) is 14.9 Å². The van der Waals surface area contributed by atoms with E-state index in [0.717, 1.165) is 18.2 Å². The van der Waals surface area contributed by atoms with Crippen molar-refractivity contribution in [2.45, 2.75) is 23.7 Å². The minimum atomic E-state index is -4.43. The van der Waals surface area contributed by atoms with Gasteiger partial charge in [-0.15, -0.1) is 0 Å². The van der Waals surface area contributed by atoms with E-state index in [9.17, 15) is 31.2 Å². The first-order valence-corrected chi connectivity index (χ1v) is 10.9. The lowest BCUT2D eigenvalue weighted by atomic mass is 10.1. The molecular weight excluding hydrogens is 447 g/mol. The van der Waals surface area contributed by atoms with Gasteiger partial charge in [-0.1, -0.05) is 18.7 Å². The van der Waals surface area contributed by atoms with Crippen LogP contribution in [0.2, 0.25) is 0 Å². The van der Waals surface area contributed by atoms with E-state index in [1.54, 1.807) is 0 Å². The maximum atomic E-state index is 12.6. The number of nitrogens with one attached hydrogen (secondary N) is 2. The van der Waals surface area contributed by atoms with Crippen molar-refractivity contribution < 1.29 is 31.2 Å². The molecule has 0 atom stereocenters. The van der Waals surface area contributed by atoms with Gasteiger partial charge in [-0.3, -0.25) is 9.59 Å². The van der Waals surface area contributed by atoms with Crippen LogP contribution in [0.3, 0.4) is 0 Å². The molecule has 1 aliphatic heterocycles. The lowest BCUT2D eigenvalue weighted by Crippen LogP contribution is -2.60. The maximum absolute atomic E-state index is 12.6. The zero-order valence-electron chi connectivity index (χ0n) is 16.7. The summed E-state index contributed by atoms with van der Waals surface area (Å²) in [6.45, 7) is 3.62. The Labute approximate surface area is 183 Å². The Morgan fingerprint density at radius 3 is 2.19 bits per heavy atom. The average molecular weight is 467 g/mol. The molecule has 3 rings (SSSR count). The normalized spacial score (nSPS) is 15.0. The van der Waals surface area contributed by atoms with Crippen LogP contribution in [0.5, 0.6) is 0 Å². The number of hydrogen-bond acceptors (Lipinski definition) is 4. The summed E-state index contributed by atoms with van der Waals surface area (Å²) in [5, 5.41) is 5.19. The molecule has 0 aliphatic carbocycles. The molecule has 7 nitrogen and oxygen atoms in total. The Kier molecular flexibility index (Phi) is 6.70. The molecular formula is C21H20F3N3O4S. The number of halogens is 3. The van der Waals surface area contributed by atoms with Crippen molar-refractivity contribution in [3.05, 3.63) is 77.9 Å². The fraction of sp³-hybridized carbons (Fsp3) is 0.238. The van der Waals surface area contributed by atoms with Crippen LogP contribution in [0.1, 0.15) is 21.5 Å². The molecule has 2 aromatic rings. The lowest BCUT2D eigenvalue weighted by molar-refractivity contribution is -0.137. The highest BCUT2D eigenvalue weighted by Gasteiger charge is 2.37. The van der Waals surface area contributed by atoms with Gasteiger partial charge in [0.1, 0.15) is 0 Å². The van der Waals surface area contributed by atoms with E-state index in [4.69, 9.17) is 0 Å². The molecule has 1 fully saturated rings. The number of amides is 2. The lowest BCUT2D eigenvalue weighted by Gasteiger charge is -2.38. The molecule has 32 heavy (non-hydrogen) atoms. The Morgan fingerprint density at radius 2 is 1.66 bits per heavy atom. The maximum Gasteiger partial charge on any atom is 0.416 e. The molecule has 11 heteroatoms. The third-order valence-corrected chi connectivity index (χ3v) is 6.71. The number of benzene rings is 2. The van der Waals surface area contributed by atoms with E-state index in [2.05, 4.69) is 17.2 Å². The van der Waals surface area contributed by atoms with E-state index >= 15 is 0 Å². The Morgan fingerprint density at radius 1 is 1.06 bits per heavy atom. The van der Waals surface area contributed by atoms with Gasteiger partial charge in [0, 0.05) is 25.2 Å². The molecule has 0 saturated carbocycles. The van der Waals surface area contributed by atoms with Gasteiger partial charge in [-0.25, -0.2) is 8.42 Å². The molecule has 2 N–H and O–H groups in total. The van der Waals surface area contributed by atoms with Crippen molar-refractivity contribution in [2.24, 2.45) is 0 Å². The predicted octanol–water partition coefficient (Wildman–Crippen LogP) is 2.31. The van der Waals surface area contributed by atoms with Crippen LogP contribution in [0.25, 0.3) is 0 Å². The first-order valence-electron chi connectivity index (χ1n) is 9.48. The van der Waals surface area contributed by atoms with Gasteiger partial charge >= 0.3 is 6.18 Å². The molecule has 2 aromatic carbocycles. The second-order valence-corrected chi connectivity index (χ2v) is 9.07. The highest BCUT2D eigenvalue weighted by Crippen LogP contribution is 2.29. The molecule has 1 aliphatic rings. The Bertz CT molecular complexity index is 1110. The monoisotopic (exact) mass is 467 g/mol. The van der Waals surface area contributed by atoms with Gasteiger partial charge in [-0.2, -0.15) is 17.5 Å². The fourth-order valence-corrected chi connectivity index (χ4v) is 4.54. The molecule has 170 valence electrons. The molecule has 0 spiro atoms. The van der Waals surface area contributed by atoms with Crippen molar-refractivity contribution in [3.63, 3.8) is 0 Å². The van der Waals surface area contributed by atoms with Gasteiger partial charge in [0.05, 0.1) is 16.5 Å². The summed E-state index contributed by atoms with van der Waals surface area (Å²) < 4.78 is 64.2. The fourth-order valence-electron chi connectivity index (χ4n) is 3.01. The summed E-state index contributed by atoms with van der Waals surface area (Å²) in [7, 11) is -3.76. The minimum Gasteiger partial charge on any atom is -0.348 e. The van der Waals surface area contributed by atoms with Crippen LogP contribution in [0.4, 0.5) is 13.2 Å². The largest absolute Gasteiger partial charge is 0.416 e.